The number of hydrogen-bond acceptors (Lipinski definition) is 4. The van der Waals surface area contributed by atoms with E-state index in [9.17, 15) is 5.26 Å². The highest BCUT2D eigenvalue weighted by Gasteiger charge is 2.14. The molecule has 0 aliphatic heterocycles. The SMILES string of the molecule is CCCNCc1cc(C)ccc1-n1cnc(C#N)c1C#N. The first kappa shape index (κ1) is 14.8. The van der Waals surface area contributed by atoms with Crippen molar-refractivity contribution in [2.24, 2.45) is 0 Å². The molecule has 0 radical (unpaired) electrons. The molecule has 1 aromatic heterocycles. The maximum absolute atomic E-state index is 9.26. The van der Waals surface area contributed by atoms with Gasteiger partial charge in [0.2, 0.25) is 0 Å². The molecule has 0 aliphatic rings. The van der Waals surface area contributed by atoms with Gasteiger partial charge in [-0.1, -0.05) is 24.6 Å². The zero-order valence-corrected chi connectivity index (χ0v) is 12.2. The lowest BCUT2D eigenvalue weighted by molar-refractivity contribution is 0.672. The number of aromatic nitrogens is 2. The molecule has 21 heavy (non-hydrogen) atoms. The number of nitrogens with zero attached hydrogens (tertiary/aromatic N) is 4. The first-order valence-corrected chi connectivity index (χ1v) is 6.89. The predicted octanol–water partition coefficient (Wildman–Crippen LogP) is 2.42. The van der Waals surface area contributed by atoms with Crippen molar-refractivity contribution in [3.63, 3.8) is 0 Å². The summed E-state index contributed by atoms with van der Waals surface area (Å²) in [6, 6.07) is 10.1. The van der Waals surface area contributed by atoms with Crippen molar-refractivity contribution in [1.29, 1.82) is 10.5 Å². The Bertz CT molecular complexity index is 715. The van der Waals surface area contributed by atoms with Crippen molar-refractivity contribution >= 4 is 0 Å². The van der Waals surface area contributed by atoms with Gasteiger partial charge in [0.05, 0.1) is 5.69 Å². The topological polar surface area (TPSA) is 77.4 Å². The van der Waals surface area contributed by atoms with Crippen LogP contribution in [0.2, 0.25) is 0 Å². The second kappa shape index (κ2) is 6.69. The molecule has 2 rings (SSSR count). The fourth-order valence-electron chi connectivity index (χ4n) is 2.21. The van der Waals surface area contributed by atoms with Gasteiger partial charge in [-0.05, 0) is 31.5 Å². The summed E-state index contributed by atoms with van der Waals surface area (Å²) in [7, 11) is 0. The zero-order valence-electron chi connectivity index (χ0n) is 12.2. The molecule has 0 bridgehead atoms. The third-order valence-electron chi connectivity index (χ3n) is 3.22. The molecule has 5 heteroatoms. The van der Waals surface area contributed by atoms with Gasteiger partial charge in [0.15, 0.2) is 11.4 Å². The lowest BCUT2D eigenvalue weighted by Crippen LogP contribution is -2.16. The Hall–Kier alpha value is -2.63. The smallest absolute Gasteiger partial charge is 0.177 e. The number of nitriles is 2. The van der Waals surface area contributed by atoms with Crippen LogP contribution in [-0.4, -0.2) is 16.1 Å². The van der Waals surface area contributed by atoms with E-state index in [0.717, 1.165) is 36.3 Å². The molecule has 0 aliphatic carbocycles. The Morgan fingerprint density at radius 1 is 1.29 bits per heavy atom. The number of rotatable bonds is 5. The van der Waals surface area contributed by atoms with E-state index in [0.29, 0.717) is 0 Å². The van der Waals surface area contributed by atoms with Crippen LogP contribution in [0.25, 0.3) is 5.69 Å². The first-order valence-electron chi connectivity index (χ1n) is 6.89. The third-order valence-corrected chi connectivity index (χ3v) is 3.22. The third kappa shape index (κ3) is 3.10. The summed E-state index contributed by atoms with van der Waals surface area (Å²) in [5.41, 5.74) is 3.56. The molecule has 1 N–H and O–H groups in total. The van der Waals surface area contributed by atoms with E-state index in [1.165, 1.54) is 6.33 Å². The Labute approximate surface area is 124 Å². The van der Waals surface area contributed by atoms with Crippen molar-refractivity contribution in [2.45, 2.75) is 26.8 Å². The summed E-state index contributed by atoms with van der Waals surface area (Å²) in [4.78, 5) is 4.00. The van der Waals surface area contributed by atoms with Crippen molar-refractivity contribution in [1.82, 2.24) is 14.9 Å². The molecular weight excluding hydrogens is 262 g/mol. The van der Waals surface area contributed by atoms with Gasteiger partial charge in [0.25, 0.3) is 0 Å². The maximum Gasteiger partial charge on any atom is 0.177 e. The molecule has 2 aromatic rings. The molecule has 106 valence electrons. The van der Waals surface area contributed by atoms with Crippen LogP contribution < -0.4 is 5.32 Å². The van der Waals surface area contributed by atoms with Gasteiger partial charge in [-0.2, -0.15) is 10.5 Å². The van der Waals surface area contributed by atoms with Crippen LogP contribution in [0.4, 0.5) is 0 Å². The highest BCUT2D eigenvalue weighted by atomic mass is 15.1. The predicted molar refractivity (Wildman–Crippen MR) is 79.7 cm³/mol. The fraction of sp³-hybridized carbons (Fsp3) is 0.312. The second-order valence-electron chi connectivity index (χ2n) is 4.84. The highest BCUT2D eigenvalue weighted by molar-refractivity contribution is 5.49. The van der Waals surface area contributed by atoms with Gasteiger partial charge >= 0.3 is 0 Å². The van der Waals surface area contributed by atoms with Crippen LogP contribution in [0.5, 0.6) is 0 Å². The van der Waals surface area contributed by atoms with E-state index < -0.39 is 0 Å². The average Bonchev–Trinajstić information content (AvgIpc) is 2.90. The standard InChI is InChI=1S/C16H17N5/c1-3-6-19-10-13-7-12(2)4-5-15(13)21-11-20-14(8-17)16(21)9-18/h4-5,7,11,19H,3,6,10H2,1-2H3. The van der Waals surface area contributed by atoms with E-state index in [1.54, 1.807) is 4.57 Å². The molecule has 1 aromatic carbocycles. The number of benzene rings is 1. The van der Waals surface area contributed by atoms with E-state index in [1.807, 2.05) is 25.1 Å². The molecular formula is C16H17N5. The number of aryl methyl sites for hydroxylation is 1. The van der Waals surface area contributed by atoms with Gasteiger partial charge in [0.1, 0.15) is 18.5 Å². The number of nitrogens with one attached hydrogen (secondary N) is 1. The quantitative estimate of drug-likeness (QED) is 0.853. The van der Waals surface area contributed by atoms with E-state index in [-0.39, 0.29) is 11.4 Å². The monoisotopic (exact) mass is 279 g/mol. The Kier molecular flexibility index (Phi) is 4.71. The summed E-state index contributed by atoms with van der Waals surface area (Å²) in [5.74, 6) is 0. The molecule has 1 heterocycles. The summed E-state index contributed by atoms with van der Waals surface area (Å²) in [5, 5.41) is 21.6. The first-order chi connectivity index (χ1) is 10.2. The lowest BCUT2D eigenvalue weighted by atomic mass is 10.1. The van der Waals surface area contributed by atoms with Gasteiger partial charge in [0, 0.05) is 6.54 Å². The van der Waals surface area contributed by atoms with Crippen molar-refractivity contribution in [3.05, 3.63) is 47.0 Å². The average molecular weight is 279 g/mol. The van der Waals surface area contributed by atoms with Gasteiger partial charge in [-0.25, -0.2) is 4.98 Å². The highest BCUT2D eigenvalue weighted by Crippen LogP contribution is 2.20. The minimum Gasteiger partial charge on any atom is -0.313 e. The molecule has 0 amide bonds. The summed E-state index contributed by atoms with van der Waals surface area (Å²) < 4.78 is 1.68. The molecule has 0 saturated carbocycles. The minimum atomic E-state index is 0.158. The summed E-state index contributed by atoms with van der Waals surface area (Å²) >= 11 is 0. The van der Waals surface area contributed by atoms with Crippen LogP contribution in [0.15, 0.2) is 24.5 Å². The van der Waals surface area contributed by atoms with E-state index in [4.69, 9.17) is 5.26 Å². The van der Waals surface area contributed by atoms with E-state index in [2.05, 4.69) is 29.4 Å². The Morgan fingerprint density at radius 2 is 2.10 bits per heavy atom. The molecule has 5 nitrogen and oxygen atoms in total. The molecule has 0 fully saturated rings. The van der Waals surface area contributed by atoms with Crippen molar-refractivity contribution in [3.8, 4) is 17.8 Å². The van der Waals surface area contributed by atoms with Crippen molar-refractivity contribution < 1.29 is 0 Å². The number of hydrogen-bond donors (Lipinski definition) is 1. The van der Waals surface area contributed by atoms with Crippen LogP contribution in [0, 0.1) is 29.6 Å². The summed E-state index contributed by atoms with van der Waals surface area (Å²) in [6.07, 6.45) is 2.60. The van der Waals surface area contributed by atoms with Crippen LogP contribution in [0.3, 0.4) is 0 Å². The van der Waals surface area contributed by atoms with Crippen LogP contribution >= 0.6 is 0 Å². The van der Waals surface area contributed by atoms with E-state index >= 15 is 0 Å². The second-order valence-corrected chi connectivity index (χ2v) is 4.84. The minimum absolute atomic E-state index is 0.158. The lowest BCUT2D eigenvalue weighted by Gasteiger charge is -2.13. The Morgan fingerprint density at radius 3 is 2.76 bits per heavy atom. The van der Waals surface area contributed by atoms with Crippen LogP contribution in [-0.2, 0) is 6.54 Å². The van der Waals surface area contributed by atoms with Crippen LogP contribution in [0.1, 0.15) is 35.9 Å². The van der Waals surface area contributed by atoms with Gasteiger partial charge in [-0.15, -0.1) is 0 Å². The summed E-state index contributed by atoms with van der Waals surface area (Å²) in [6.45, 7) is 5.81. The molecule has 0 atom stereocenters. The molecule has 0 saturated heterocycles. The van der Waals surface area contributed by atoms with Gasteiger partial charge < -0.3 is 5.32 Å². The Balaban J connectivity index is 2.47. The fourth-order valence-corrected chi connectivity index (χ4v) is 2.21. The molecule has 0 unspecified atom stereocenters. The van der Waals surface area contributed by atoms with Crippen molar-refractivity contribution in [2.75, 3.05) is 6.54 Å². The van der Waals surface area contributed by atoms with Gasteiger partial charge in [-0.3, -0.25) is 4.57 Å². The zero-order chi connectivity index (χ0) is 15.2. The largest absolute Gasteiger partial charge is 0.313 e. The maximum atomic E-state index is 9.26. The number of imidazole rings is 1. The molecule has 0 spiro atoms. The normalized spacial score (nSPS) is 10.1.